The van der Waals surface area contributed by atoms with E-state index in [1.165, 1.54) is 0 Å². The number of hydrogen-bond donors (Lipinski definition) is 2. The fourth-order valence-electron chi connectivity index (χ4n) is 3.27. The summed E-state index contributed by atoms with van der Waals surface area (Å²) in [5.74, 6) is 2.88. The van der Waals surface area contributed by atoms with E-state index in [9.17, 15) is 0 Å². The SMILES string of the molecule is CC.CCNCc1nnc(C2CCN(c3ccccn3)CC2)o1.Cc1cc(Cl)ccc1N. The van der Waals surface area contributed by atoms with Crippen molar-refractivity contribution in [2.75, 3.05) is 30.3 Å². The molecule has 1 aromatic carbocycles. The Bertz CT molecular complexity index is 910. The molecule has 32 heavy (non-hydrogen) atoms. The Kier molecular flexibility index (Phi) is 11.0. The number of piperidine rings is 1. The van der Waals surface area contributed by atoms with Crippen LogP contribution in [0.25, 0.3) is 0 Å². The summed E-state index contributed by atoms with van der Waals surface area (Å²) in [5, 5.41) is 12.2. The summed E-state index contributed by atoms with van der Waals surface area (Å²) in [5.41, 5.74) is 7.35. The van der Waals surface area contributed by atoms with Gasteiger partial charge in [-0.25, -0.2) is 4.98 Å². The van der Waals surface area contributed by atoms with Crippen LogP contribution in [0.2, 0.25) is 5.02 Å². The highest BCUT2D eigenvalue weighted by molar-refractivity contribution is 6.30. The Labute approximate surface area is 196 Å². The van der Waals surface area contributed by atoms with E-state index < -0.39 is 0 Å². The van der Waals surface area contributed by atoms with Gasteiger partial charge in [-0.1, -0.05) is 38.4 Å². The smallest absolute Gasteiger partial charge is 0.230 e. The number of anilines is 2. The number of nitrogens with zero attached hydrogens (tertiary/aromatic N) is 4. The molecule has 8 heteroatoms. The molecular weight excluding hydrogens is 424 g/mol. The van der Waals surface area contributed by atoms with Crippen molar-refractivity contribution < 1.29 is 4.42 Å². The second kappa shape index (κ2) is 13.7. The minimum Gasteiger partial charge on any atom is -0.424 e. The van der Waals surface area contributed by atoms with Crippen molar-refractivity contribution in [3.05, 3.63) is 65.0 Å². The maximum atomic E-state index is 5.75. The van der Waals surface area contributed by atoms with Crippen molar-refractivity contribution >= 4 is 23.1 Å². The summed E-state index contributed by atoms with van der Waals surface area (Å²) in [4.78, 5) is 6.72. The van der Waals surface area contributed by atoms with Gasteiger partial charge >= 0.3 is 0 Å². The largest absolute Gasteiger partial charge is 0.424 e. The van der Waals surface area contributed by atoms with Crippen molar-refractivity contribution in [2.45, 2.75) is 53.0 Å². The molecule has 3 aromatic rings. The fourth-order valence-corrected chi connectivity index (χ4v) is 3.50. The van der Waals surface area contributed by atoms with Crippen LogP contribution < -0.4 is 16.0 Å². The quantitative estimate of drug-likeness (QED) is 0.506. The van der Waals surface area contributed by atoms with Gasteiger partial charge in [-0.05, 0) is 62.2 Å². The van der Waals surface area contributed by atoms with Crippen LogP contribution in [0.4, 0.5) is 11.5 Å². The lowest BCUT2D eigenvalue weighted by atomic mass is 9.97. The molecule has 2 aromatic heterocycles. The van der Waals surface area contributed by atoms with Crippen LogP contribution in [0, 0.1) is 6.92 Å². The summed E-state index contributed by atoms with van der Waals surface area (Å²) < 4.78 is 5.75. The van der Waals surface area contributed by atoms with Gasteiger partial charge in [-0.15, -0.1) is 10.2 Å². The predicted molar refractivity (Wildman–Crippen MR) is 132 cm³/mol. The molecule has 174 valence electrons. The van der Waals surface area contributed by atoms with Gasteiger partial charge in [0.25, 0.3) is 0 Å². The van der Waals surface area contributed by atoms with Gasteiger partial charge in [0.2, 0.25) is 11.8 Å². The third-order valence-electron chi connectivity index (χ3n) is 5.06. The fraction of sp³-hybridized carbons (Fsp3) is 0.458. The number of aryl methyl sites for hydroxylation is 1. The van der Waals surface area contributed by atoms with Crippen molar-refractivity contribution in [1.29, 1.82) is 0 Å². The molecule has 0 atom stereocenters. The minimum absolute atomic E-state index is 0.368. The molecule has 1 aliphatic rings. The molecule has 1 aliphatic heterocycles. The second-order valence-corrected chi connectivity index (χ2v) is 7.70. The summed E-state index contributed by atoms with van der Waals surface area (Å²) >= 11 is 5.66. The molecule has 0 amide bonds. The molecule has 1 fully saturated rings. The Balaban J connectivity index is 0.000000277. The highest BCUT2D eigenvalue weighted by atomic mass is 35.5. The maximum absolute atomic E-state index is 5.75. The first kappa shape index (κ1) is 25.6. The average Bonchev–Trinajstić information content (AvgIpc) is 3.32. The normalized spacial score (nSPS) is 13.6. The summed E-state index contributed by atoms with van der Waals surface area (Å²) in [6, 6.07) is 11.5. The standard InChI is InChI=1S/C15H21N5O.C7H8ClN.C2H6/c1-2-16-11-14-18-19-15(21-14)12-6-9-20(10-7-12)13-5-3-4-8-17-13;1-5-4-6(8)2-3-7(5)9;1-2/h3-5,8,12,16H,2,6-7,9-11H2,1H3;2-4H,9H2,1H3;1-2H3. The van der Waals surface area contributed by atoms with Crippen molar-refractivity contribution in [2.24, 2.45) is 0 Å². The number of rotatable bonds is 5. The van der Waals surface area contributed by atoms with E-state index in [1.54, 1.807) is 12.1 Å². The van der Waals surface area contributed by atoms with Gasteiger partial charge in [-0.3, -0.25) is 0 Å². The molecule has 7 nitrogen and oxygen atoms in total. The number of halogens is 1. The van der Waals surface area contributed by atoms with Crippen molar-refractivity contribution in [1.82, 2.24) is 20.5 Å². The van der Waals surface area contributed by atoms with Crippen molar-refractivity contribution in [3.63, 3.8) is 0 Å². The Morgan fingerprint density at radius 2 is 1.91 bits per heavy atom. The first-order chi connectivity index (χ1) is 15.6. The van der Waals surface area contributed by atoms with E-state index in [-0.39, 0.29) is 0 Å². The van der Waals surface area contributed by atoms with Gasteiger partial charge in [-0.2, -0.15) is 0 Å². The highest BCUT2D eigenvalue weighted by Gasteiger charge is 2.25. The molecule has 3 heterocycles. The van der Waals surface area contributed by atoms with Crippen molar-refractivity contribution in [3.8, 4) is 0 Å². The van der Waals surface area contributed by atoms with Gasteiger partial charge in [0.15, 0.2) is 0 Å². The number of nitrogen functional groups attached to an aromatic ring is 1. The summed E-state index contributed by atoms with van der Waals surface area (Å²) in [6.07, 6.45) is 3.89. The zero-order valence-electron chi connectivity index (χ0n) is 19.5. The lowest BCUT2D eigenvalue weighted by Crippen LogP contribution is -2.33. The molecule has 0 radical (unpaired) electrons. The van der Waals surface area contributed by atoms with Crippen LogP contribution >= 0.6 is 11.6 Å². The molecular formula is C24H35ClN6O. The zero-order valence-corrected chi connectivity index (χ0v) is 20.3. The van der Waals surface area contributed by atoms with Gasteiger partial charge in [0, 0.05) is 35.9 Å². The van der Waals surface area contributed by atoms with E-state index in [1.807, 2.05) is 45.2 Å². The number of nitrogens with two attached hydrogens (primary N) is 1. The lowest BCUT2D eigenvalue weighted by Gasteiger charge is -2.31. The van der Waals surface area contributed by atoms with Crippen LogP contribution in [-0.2, 0) is 6.54 Å². The van der Waals surface area contributed by atoms with E-state index in [0.717, 1.165) is 60.5 Å². The molecule has 0 aliphatic carbocycles. The third-order valence-corrected chi connectivity index (χ3v) is 5.29. The van der Waals surface area contributed by atoms with E-state index in [4.69, 9.17) is 21.8 Å². The zero-order chi connectivity index (χ0) is 23.3. The monoisotopic (exact) mass is 458 g/mol. The first-order valence-electron chi connectivity index (χ1n) is 11.3. The molecule has 0 saturated carbocycles. The molecule has 0 bridgehead atoms. The number of nitrogens with one attached hydrogen (secondary N) is 1. The molecule has 4 rings (SSSR count). The van der Waals surface area contributed by atoms with E-state index in [0.29, 0.717) is 18.4 Å². The topological polar surface area (TPSA) is 93.1 Å². The highest BCUT2D eigenvalue weighted by Crippen LogP contribution is 2.28. The van der Waals surface area contributed by atoms with E-state index >= 15 is 0 Å². The van der Waals surface area contributed by atoms with Crippen LogP contribution in [0.3, 0.4) is 0 Å². The Hall–Kier alpha value is -2.64. The van der Waals surface area contributed by atoms with Crippen LogP contribution in [0.15, 0.2) is 47.0 Å². The lowest BCUT2D eigenvalue weighted by molar-refractivity contribution is 0.370. The summed E-state index contributed by atoms with van der Waals surface area (Å²) in [7, 11) is 0. The third kappa shape index (κ3) is 7.80. The van der Waals surface area contributed by atoms with Crippen LogP contribution in [0.5, 0.6) is 0 Å². The average molecular weight is 459 g/mol. The van der Waals surface area contributed by atoms with Gasteiger partial charge in [0.1, 0.15) is 5.82 Å². The second-order valence-electron chi connectivity index (χ2n) is 7.26. The number of hydrogen-bond acceptors (Lipinski definition) is 7. The molecule has 0 spiro atoms. The molecule has 1 saturated heterocycles. The van der Waals surface area contributed by atoms with Gasteiger partial charge in [0.05, 0.1) is 6.54 Å². The van der Waals surface area contributed by atoms with Crippen LogP contribution in [0.1, 0.15) is 56.9 Å². The van der Waals surface area contributed by atoms with Gasteiger partial charge < -0.3 is 20.4 Å². The summed E-state index contributed by atoms with van der Waals surface area (Å²) in [6.45, 7) is 11.5. The number of benzene rings is 1. The maximum Gasteiger partial charge on any atom is 0.230 e. The first-order valence-corrected chi connectivity index (χ1v) is 11.6. The van der Waals surface area contributed by atoms with E-state index in [2.05, 4.69) is 38.4 Å². The Morgan fingerprint density at radius 3 is 2.50 bits per heavy atom. The molecule has 3 N–H and O–H groups in total. The minimum atomic E-state index is 0.368. The van der Waals surface area contributed by atoms with Crippen LogP contribution in [-0.4, -0.2) is 34.8 Å². The number of pyridine rings is 1. The number of aromatic nitrogens is 3. The molecule has 0 unspecified atom stereocenters. The Morgan fingerprint density at radius 1 is 1.16 bits per heavy atom. The predicted octanol–water partition coefficient (Wildman–Crippen LogP) is 5.21.